The van der Waals surface area contributed by atoms with Crippen LogP contribution in [-0.2, 0) is 9.59 Å². The van der Waals surface area contributed by atoms with Crippen molar-refractivity contribution in [3.63, 3.8) is 0 Å². The summed E-state index contributed by atoms with van der Waals surface area (Å²) in [6.07, 6.45) is 5.70. The molecule has 0 saturated heterocycles. The topological polar surface area (TPSA) is 61.4 Å². The summed E-state index contributed by atoms with van der Waals surface area (Å²) in [5.74, 6) is -0.421. The number of amides is 2. The first-order chi connectivity index (χ1) is 11.2. The van der Waals surface area contributed by atoms with Gasteiger partial charge in [-0.05, 0) is 31.0 Å². The zero-order chi connectivity index (χ0) is 16.5. The zero-order valence-corrected chi connectivity index (χ0v) is 13.6. The second kappa shape index (κ2) is 9.10. The van der Waals surface area contributed by atoms with Gasteiger partial charge in [0.25, 0.3) is 0 Å². The van der Waals surface area contributed by atoms with Gasteiger partial charge in [0.15, 0.2) is 0 Å². The summed E-state index contributed by atoms with van der Waals surface area (Å²) in [5.41, 5.74) is 0.951. The van der Waals surface area contributed by atoms with Crippen LogP contribution in [-0.4, -0.2) is 48.9 Å². The molecular weight excluding hydrogens is 290 g/mol. The van der Waals surface area contributed by atoms with E-state index in [1.165, 1.54) is 18.9 Å². The Morgan fingerprint density at radius 1 is 1.22 bits per heavy atom. The Morgan fingerprint density at radius 3 is 2.61 bits per heavy atom. The van der Waals surface area contributed by atoms with Gasteiger partial charge < -0.3 is 10.6 Å². The second-order valence-corrected chi connectivity index (χ2v) is 5.67. The third kappa shape index (κ3) is 6.65. The first kappa shape index (κ1) is 17.2. The first-order valence-corrected chi connectivity index (χ1v) is 8.20. The van der Waals surface area contributed by atoms with Gasteiger partial charge in [0.2, 0.25) is 11.8 Å². The molecule has 124 valence electrons. The van der Waals surface area contributed by atoms with Gasteiger partial charge in [0.05, 0.1) is 6.54 Å². The molecule has 1 fully saturated rings. The van der Waals surface area contributed by atoms with E-state index >= 15 is 0 Å². The smallest absolute Gasteiger partial charge is 0.244 e. The van der Waals surface area contributed by atoms with Crippen LogP contribution >= 0.6 is 0 Å². The first-order valence-electron chi connectivity index (χ1n) is 8.20. The lowest BCUT2D eigenvalue weighted by atomic mass is 10.2. The highest BCUT2D eigenvalue weighted by Gasteiger charge is 2.27. The van der Waals surface area contributed by atoms with Crippen LogP contribution in [0.4, 0.5) is 0 Å². The average Bonchev–Trinajstić information content (AvgIpc) is 3.41. The van der Waals surface area contributed by atoms with Crippen molar-refractivity contribution in [3.05, 3.63) is 42.0 Å². The minimum absolute atomic E-state index is 0.00746. The van der Waals surface area contributed by atoms with Crippen LogP contribution in [0.1, 0.15) is 25.3 Å². The molecule has 1 aromatic rings. The van der Waals surface area contributed by atoms with E-state index in [1.807, 2.05) is 30.3 Å². The van der Waals surface area contributed by atoms with Gasteiger partial charge in [-0.1, -0.05) is 37.3 Å². The second-order valence-electron chi connectivity index (χ2n) is 5.67. The molecule has 5 nitrogen and oxygen atoms in total. The van der Waals surface area contributed by atoms with E-state index < -0.39 is 0 Å². The normalized spacial score (nSPS) is 14.2. The highest BCUT2D eigenvalue weighted by Crippen LogP contribution is 2.25. The van der Waals surface area contributed by atoms with Crippen molar-refractivity contribution in [3.8, 4) is 0 Å². The Labute approximate surface area is 137 Å². The van der Waals surface area contributed by atoms with Gasteiger partial charge in [-0.2, -0.15) is 0 Å². The molecule has 2 amide bonds. The van der Waals surface area contributed by atoms with Crippen molar-refractivity contribution in [1.82, 2.24) is 15.5 Å². The van der Waals surface area contributed by atoms with Crippen molar-refractivity contribution in [2.75, 3.05) is 26.2 Å². The number of hydrogen-bond acceptors (Lipinski definition) is 3. The van der Waals surface area contributed by atoms with Crippen LogP contribution in [0.25, 0.3) is 6.08 Å². The molecule has 0 aliphatic heterocycles. The van der Waals surface area contributed by atoms with Gasteiger partial charge in [0, 0.05) is 25.2 Å². The van der Waals surface area contributed by atoms with Crippen molar-refractivity contribution >= 4 is 17.9 Å². The molecule has 0 radical (unpaired) electrons. The lowest BCUT2D eigenvalue weighted by Gasteiger charge is -2.19. The fraction of sp³-hybridized carbons (Fsp3) is 0.444. The predicted molar refractivity (Wildman–Crippen MR) is 91.8 cm³/mol. The molecule has 1 aliphatic rings. The van der Waals surface area contributed by atoms with Crippen molar-refractivity contribution < 1.29 is 9.59 Å². The predicted octanol–water partition coefficient (Wildman–Crippen LogP) is 1.42. The summed E-state index contributed by atoms with van der Waals surface area (Å²) in [6.45, 7) is 4.65. The Balaban J connectivity index is 1.60. The maximum Gasteiger partial charge on any atom is 0.244 e. The van der Waals surface area contributed by atoms with Crippen LogP contribution in [0.2, 0.25) is 0 Å². The van der Waals surface area contributed by atoms with E-state index in [4.69, 9.17) is 0 Å². The number of likely N-dealkylation sites (N-methyl/N-ethyl adjacent to an activating group) is 1. The number of nitrogens with one attached hydrogen (secondary N) is 2. The highest BCUT2D eigenvalue weighted by atomic mass is 16.2. The fourth-order valence-corrected chi connectivity index (χ4v) is 2.40. The molecule has 5 heteroatoms. The van der Waals surface area contributed by atoms with Crippen LogP contribution in [0, 0.1) is 0 Å². The molecule has 2 N–H and O–H groups in total. The summed E-state index contributed by atoms with van der Waals surface area (Å²) in [5, 5.41) is 5.43. The number of rotatable bonds is 9. The molecule has 0 atom stereocenters. The van der Waals surface area contributed by atoms with Gasteiger partial charge in [-0.15, -0.1) is 0 Å². The summed E-state index contributed by atoms with van der Waals surface area (Å²) >= 11 is 0. The van der Waals surface area contributed by atoms with Gasteiger partial charge >= 0.3 is 0 Å². The average molecular weight is 315 g/mol. The van der Waals surface area contributed by atoms with E-state index in [9.17, 15) is 9.59 Å². The lowest BCUT2D eigenvalue weighted by molar-refractivity contribution is -0.123. The van der Waals surface area contributed by atoms with Crippen LogP contribution < -0.4 is 10.6 Å². The number of hydrogen-bond donors (Lipinski definition) is 2. The SMILES string of the molecule is CCN(CCNC(=O)CNC(=O)/C=C/c1ccccc1)C1CC1. The standard InChI is InChI=1S/C18H25N3O2/c1-2-21(16-9-10-16)13-12-19-18(23)14-20-17(22)11-8-15-6-4-3-5-7-15/h3-8,11,16H,2,9-10,12-14H2,1H3,(H,19,23)(H,20,22)/b11-8+. The summed E-state index contributed by atoms with van der Waals surface area (Å²) in [7, 11) is 0. The van der Waals surface area contributed by atoms with Crippen LogP contribution in [0.3, 0.4) is 0 Å². The van der Waals surface area contributed by atoms with E-state index in [2.05, 4.69) is 22.5 Å². The summed E-state index contributed by atoms with van der Waals surface area (Å²) in [4.78, 5) is 25.7. The molecule has 0 aromatic heterocycles. The van der Waals surface area contributed by atoms with E-state index in [0.717, 1.165) is 18.7 Å². The minimum atomic E-state index is -0.267. The molecular formula is C18H25N3O2. The minimum Gasteiger partial charge on any atom is -0.353 e. The molecule has 0 spiro atoms. The Morgan fingerprint density at radius 2 is 1.96 bits per heavy atom. The van der Waals surface area contributed by atoms with Crippen molar-refractivity contribution in [1.29, 1.82) is 0 Å². The summed E-state index contributed by atoms with van der Waals surface area (Å²) in [6, 6.07) is 10.3. The molecule has 0 bridgehead atoms. The molecule has 1 saturated carbocycles. The molecule has 1 aliphatic carbocycles. The van der Waals surface area contributed by atoms with Crippen LogP contribution in [0.5, 0.6) is 0 Å². The maximum absolute atomic E-state index is 11.7. The number of carbonyl (C=O) groups is 2. The molecule has 1 aromatic carbocycles. The number of carbonyl (C=O) groups excluding carboxylic acids is 2. The Hall–Kier alpha value is -2.14. The molecule has 23 heavy (non-hydrogen) atoms. The zero-order valence-electron chi connectivity index (χ0n) is 13.6. The monoisotopic (exact) mass is 315 g/mol. The summed E-state index contributed by atoms with van der Waals surface area (Å²) < 4.78 is 0. The van der Waals surface area contributed by atoms with E-state index in [-0.39, 0.29) is 18.4 Å². The third-order valence-corrected chi connectivity index (χ3v) is 3.84. The third-order valence-electron chi connectivity index (χ3n) is 3.84. The Bertz CT molecular complexity index is 538. The Kier molecular flexibility index (Phi) is 6.81. The van der Waals surface area contributed by atoms with Crippen molar-refractivity contribution in [2.45, 2.75) is 25.8 Å². The highest BCUT2D eigenvalue weighted by molar-refractivity contribution is 5.94. The lowest BCUT2D eigenvalue weighted by Crippen LogP contribution is -2.40. The van der Waals surface area contributed by atoms with Gasteiger partial charge in [-0.3, -0.25) is 14.5 Å². The molecule has 0 heterocycles. The number of nitrogens with zero attached hydrogens (tertiary/aromatic N) is 1. The largest absolute Gasteiger partial charge is 0.353 e. The van der Waals surface area contributed by atoms with Crippen molar-refractivity contribution in [2.24, 2.45) is 0 Å². The van der Waals surface area contributed by atoms with Gasteiger partial charge in [-0.25, -0.2) is 0 Å². The molecule has 2 rings (SSSR count). The van der Waals surface area contributed by atoms with E-state index in [1.54, 1.807) is 6.08 Å². The van der Waals surface area contributed by atoms with E-state index in [0.29, 0.717) is 12.6 Å². The fourth-order valence-electron chi connectivity index (χ4n) is 2.40. The van der Waals surface area contributed by atoms with Crippen LogP contribution in [0.15, 0.2) is 36.4 Å². The van der Waals surface area contributed by atoms with Gasteiger partial charge in [0.1, 0.15) is 0 Å². The maximum atomic E-state index is 11.7. The quantitative estimate of drug-likeness (QED) is 0.678. The number of benzene rings is 1. The molecule has 0 unspecified atom stereocenters.